The third kappa shape index (κ3) is 3.87. The van der Waals surface area contributed by atoms with E-state index >= 15 is 0 Å². The molecule has 0 aliphatic heterocycles. The van der Waals surface area contributed by atoms with Gasteiger partial charge >= 0.3 is 10.8 Å². The molecule has 122 valence electrons. The zero-order chi connectivity index (χ0) is 17.1. The van der Waals surface area contributed by atoms with Gasteiger partial charge < -0.3 is 10.4 Å². The largest absolute Gasteiger partial charge is 0.477 e. The Balaban J connectivity index is 2.23. The number of carboxylic acids is 1. The first-order valence-electron chi connectivity index (χ1n) is 7.15. The molecule has 1 heterocycles. The van der Waals surface area contributed by atoms with Gasteiger partial charge in [0, 0.05) is 11.4 Å². The van der Waals surface area contributed by atoms with Crippen molar-refractivity contribution in [3.8, 4) is 0 Å². The minimum absolute atomic E-state index is 0.00306. The molecule has 1 amide bonds. The van der Waals surface area contributed by atoms with Crippen molar-refractivity contribution in [2.75, 3.05) is 5.32 Å². The molecule has 2 aromatic rings. The van der Waals surface area contributed by atoms with Gasteiger partial charge in [-0.25, -0.2) is 4.79 Å². The Morgan fingerprint density at radius 2 is 1.83 bits per heavy atom. The van der Waals surface area contributed by atoms with E-state index in [4.69, 9.17) is 5.11 Å². The topological polar surface area (TPSA) is 88.4 Å². The highest BCUT2D eigenvalue weighted by atomic mass is 32.1. The first-order chi connectivity index (χ1) is 10.8. The number of carbonyl (C=O) groups is 2. The van der Waals surface area contributed by atoms with Crippen molar-refractivity contribution in [1.29, 1.82) is 0 Å². The lowest BCUT2D eigenvalue weighted by Crippen LogP contribution is -2.26. The minimum Gasteiger partial charge on any atom is -0.477 e. The van der Waals surface area contributed by atoms with Crippen LogP contribution in [0.2, 0.25) is 0 Å². The van der Waals surface area contributed by atoms with Gasteiger partial charge in [-0.15, -0.1) is 0 Å². The van der Waals surface area contributed by atoms with E-state index in [0.29, 0.717) is 29.1 Å². The van der Waals surface area contributed by atoms with Gasteiger partial charge in [0.25, 0.3) is 0 Å². The molecule has 1 aromatic carbocycles. The predicted molar refractivity (Wildman–Crippen MR) is 89.5 cm³/mol. The fourth-order valence-electron chi connectivity index (χ4n) is 2.50. The quantitative estimate of drug-likeness (QED) is 0.879. The zero-order valence-electron chi connectivity index (χ0n) is 13.2. The summed E-state index contributed by atoms with van der Waals surface area (Å²) >= 11 is 0.655. The monoisotopic (exact) mass is 334 g/mol. The molecular formula is C16H18N2O4S. The van der Waals surface area contributed by atoms with E-state index in [1.807, 2.05) is 32.0 Å². The van der Waals surface area contributed by atoms with Crippen molar-refractivity contribution in [3.05, 3.63) is 49.6 Å². The van der Waals surface area contributed by atoms with Crippen LogP contribution in [-0.4, -0.2) is 21.6 Å². The summed E-state index contributed by atoms with van der Waals surface area (Å²) in [6.07, 6.45) is 0.372. The molecule has 2 N–H and O–H groups in total. The molecule has 0 unspecified atom stereocenters. The number of anilines is 1. The number of hydrogen-bond acceptors (Lipinski definition) is 4. The Morgan fingerprint density at radius 1 is 1.22 bits per heavy atom. The van der Waals surface area contributed by atoms with Gasteiger partial charge in [0.05, 0.1) is 0 Å². The van der Waals surface area contributed by atoms with Crippen LogP contribution in [0, 0.1) is 13.8 Å². The molecule has 0 radical (unpaired) electrons. The number of hydrogen-bond donors (Lipinski definition) is 2. The number of thiazole rings is 1. The molecule has 0 aliphatic carbocycles. The summed E-state index contributed by atoms with van der Waals surface area (Å²) in [7, 11) is 0. The molecule has 23 heavy (non-hydrogen) atoms. The first-order valence-corrected chi connectivity index (χ1v) is 7.97. The molecule has 0 bridgehead atoms. The number of rotatable bonds is 5. The number of benzene rings is 1. The summed E-state index contributed by atoms with van der Waals surface area (Å²) in [4.78, 5) is 34.9. The predicted octanol–water partition coefficient (Wildman–Crippen LogP) is 2.43. The van der Waals surface area contributed by atoms with Crippen molar-refractivity contribution in [3.63, 3.8) is 0 Å². The van der Waals surface area contributed by atoms with Crippen LogP contribution in [0.1, 0.15) is 33.4 Å². The Hall–Kier alpha value is -2.41. The van der Waals surface area contributed by atoms with Crippen molar-refractivity contribution in [2.45, 2.75) is 33.7 Å². The van der Waals surface area contributed by atoms with E-state index in [1.165, 1.54) is 4.57 Å². The van der Waals surface area contributed by atoms with Crippen LogP contribution in [0.25, 0.3) is 0 Å². The lowest BCUT2D eigenvalue weighted by Gasteiger charge is -2.09. The summed E-state index contributed by atoms with van der Waals surface area (Å²) in [5.41, 5.74) is 3.08. The number of nitrogens with zero attached hydrogens (tertiary/aromatic N) is 1. The van der Waals surface area contributed by atoms with Crippen molar-refractivity contribution >= 4 is 28.9 Å². The van der Waals surface area contributed by atoms with E-state index < -0.39 is 10.8 Å². The summed E-state index contributed by atoms with van der Waals surface area (Å²) < 4.78 is 1.23. The molecule has 0 fully saturated rings. The average molecular weight is 334 g/mol. The fraction of sp³-hybridized carbons (Fsp3) is 0.312. The van der Waals surface area contributed by atoms with E-state index in [1.54, 1.807) is 6.92 Å². The van der Waals surface area contributed by atoms with Crippen LogP contribution >= 0.6 is 11.3 Å². The zero-order valence-corrected chi connectivity index (χ0v) is 14.0. The smallest absolute Gasteiger partial charge is 0.347 e. The number of aryl methyl sites for hydroxylation is 2. The van der Waals surface area contributed by atoms with E-state index in [0.717, 1.165) is 11.1 Å². The van der Waals surface area contributed by atoms with Crippen LogP contribution in [0.15, 0.2) is 23.0 Å². The molecule has 1 aromatic heterocycles. The normalized spacial score (nSPS) is 10.6. The number of aromatic carboxylic acids is 1. The minimum atomic E-state index is -1.14. The maximum Gasteiger partial charge on any atom is 0.347 e. The Morgan fingerprint density at radius 3 is 2.35 bits per heavy atom. The van der Waals surface area contributed by atoms with Gasteiger partial charge in [0.1, 0.15) is 11.4 Å². The van der Waals surface area contributed by atoms with Crippen molar-refractivity contribution < 1.29 is 14.7 Å². The Bertz CT molecular complexity index is 800. The highest BCUT2D eigenvalue weighted by molar-refractivity contribution is 7.11. The number of carboxylic acid groups (broad SMARTS) is 1. The standard InChI is InChI=1S/C16H18N2O4S/c1-4-12-14(15(20)21)23-16(22)18(12)8-13(19)17-11-6-9(2)5-10(3)7-11/h5-7H,4,8H2,1-3H3,(H,17,19)(H,20,21). The molecule has 7 heteroatoms. The van der Waals surface area contributed by atoms with Crippen LogP contribution in [0.4, 0.5) is 5.69 Å². The first kappa shape index (κ1) is 17.0. The number of aromatic nitrogens is 1. The fourth-order valence-corrected chi connectivity index (χ4v) is 3.42. The Kier molecular flexibility index (Phi) is 5.00. The van der Waals surface area contributed by atoms with Crippen LogP contribution in [0.3, 0.4) is 0 Å². The van der Waals surface area contributed by atoms with Crippen LogP contribution in [-0.2, 0) is 17.8 Å². The number of amides is 1. The second kappa shape index (κ2) is 6.78. The van der Waals surface area contributed by atoms with E-state index in [9.17, 15) is 14.4 Å². The molecule has 0 atom stereocenters. The highest BCUT2D eigenvalue weighted by Gasteiger charge is 2.20. The van der Waals surface area contributed by atoms with Crippen LogP contribution < -0.4 is 10.2 Å². The maximum atomic E-state index is 12.2. The number of carbonyl (C=O) groups excluding carboxylic acids is 1. The summed E-state index contributed by atoms with van der Waals surface area (Å²) in [6.45, 7) is 5.42. The van der Waals surface area contributed by atoms with E-state index in [-0.39, 0.29) is 17.3 Å². The SMILES string of the molecule is CCc1c(C(=O)O)sc(=O)n1CC(=O)Nc1cc(C)cc(C)c1. The molecule has 2 rings (SSSR count). The number of nitrogens with one attached hydrogen (secondary N) is 1. The summed E-state index contributed by atoms with van der Waals surface area (Å²) in [5.74, 6) is -1.50. The molecule has 0 saturated heterocycles. The second-order valence-corrected chi connectivity index (χ2v) is 6.27. The molecule has 0 saturated carbocycles. The second-order valence-electron chi connectivity index (χ2n) is 5.31. The Labute approximate surface area is 137 Å². The van der Waals surface area contributed by atoms with Crippen molar-refractivity contribution in [2.24, 2.45) is 0 Å². The lowest BCUT2D eigenvalue weighted by atomic mass is 10.1. The lowest BCUT2D eigenvalue weighted by molar-refractivity contribution is -0.116. The van der Waals surface area contributed by atoms with Gasteiger partial charge in [-0.1, -0.05) is 24.3 Å². The summed E-state index contributed by atoms with van der Waals surface area (Å²) in [5, 5.41) is 11.9. The average Bonchev–Trinajstić information content (AvgIpc) is 2.74. The maximum absolute atomic E-state index is 12.2. The third-order valence-electron chi connectivity index (χ3n) is 3.33. The van der Waals surface area contributed by atoms with Crippen LogP contribution in [0.5, 0.6) is 0 Å². The molecule has 0 aliphatic rings. The molecule has 6 nitrogen and oxygen atoms in total. The molecule has 0 spiro atoms. The van der Waals surface area contributed by atoms with Gasteiger partial charge in [-0.2, -0.15) is 0 Å². The summed E-state index contributed by atoms with van der Waals surface area (Å²) in [6, 6.07) is 5.67. The third-order valence-corrected chi connectivity index (χ3v) is 4.34. The van der Waals surface area contributed by atoms with Crippen molar-refractivity contribution in [1.82, 2.24) is 4.57 Å². The highest BCUT2D eigenvalue weighted by Crippen LogP contribution is 2.16. The van der Waals surface area contributed by atoms with Gasteiger partial charge in [-0.05, 0) is 43.5 Å². The van der Waals surface area contributed by atoms with E-state index in [2.05, 4.69) is 5.32 Å². The van der Waals surface area contributed by atoms with Gasteiger partial charge in [-0.3, -0.25) is 14.2 Å². The van der Waals surface area contributed by atoms with Gasteiger partial charge in [0.2, 0.25) is 5.91 Å². The van der Waals surface area contributed by atoms with Gasteiger partial charge in [0.15, 0.2) is 0 Å². The molecular weight excluding hydrogens is 316 g/mol.